The molecule has 1 saturated heterocycles. The number of nitrogens with zero attached hydrogens (tertiary/aromatic N) is 5. The topological polar surface area (TPSA) is 38.5 Å². The van der Waals surface area contributed by atoms with Crippen LogP contribution in [0.3, 0.4) is 0 Å². The molecular weight excluding hydrogens is 329 g/mol. The second kappa shape index (κ2) is 7.87. The van der Waals surface area contributed by atoms with Crippen molar-refractivity contribution < 1.29 is 9.13 Å². The maximum atomic E-state index is 13.0. The Kier molecular flexibility index (Phi) is 5.60. The number of aromatic nitrogens is 3. The number of benzene rings is 1. The monoisotopic (exact) mass is 351 g/mol. The molecule has 0 amide bonds. The van der Waals surface area contributed by atoms with E-state index in [1.807, 2.05) is 21.4 Å². The minimum Gasteiger partial charge on any atom is -0.383 e. The first kappa shape index (κ1) is 17.1. The maximum absolute atomic E-state index is 13.0. The van der Waals surface area contributed by atoms with E-state index in [1.54, 1.807) is 13.4 Å². The van der Waals surface area contributed by atoms with Crippen LogP contribution >= 0.6 is 12.2 Å². The molecule has 6 nitrogen and oxygen atoms in total. The van der Waals surface area contributed by atoms with Gasteiger partial charge >= 0.3 is 0 Å². The molecule has 3 rings (SSSR count). The van der Waals surface area contributed by atoms with Crippen molar-refractivity contribution in [3.05, 3.63) is 41.2 Å². The van der Waals surface area contributed by atoms with Gasteiger partial charge in [0.05, 0.1) is 13.3 Å². The SMILES string of the molecule is COCCn1cnn(CN2CCN(c3ccc(F)cc3)CC2)c1=S. The summed E-state index contributed by atoms with van der Waals surface area (Å²) in [7, 11) is 1.68. The van der Waals surface area contributed by atoms with Crippen LogP contribution in [0.25, 0.3) is 0 Å². The van der Waals surface area contributed by atoms with Gasteiger partial charge in [-0.1, -0.05) is 0 Å². The second-order valence-corrected chi connectivity index (χ2v) is 6.19. The van der Waals surface area contributed by atoms with Crippen LogP contribution in [0.5, 0.6) is 0 Å². The van der Waals surface area contributed by atoms with E-state index in [9.17, 15) is 4.39 Å². The molecule has 24 heavy (non-hydrogen) atoms. The smallest absolute Gasteiger partial charge is 0.198 e. The van der Waals surface area contributed by atoms with Crippen LogP contribution in [-0.2, 0) is 18.0 Å². The third-order valence-electron chi connectivity index (χ3n) is 4.23. The molecule has 1 aromatic carbocycles. The average Bonchev–Trinajstić information content (AvgIpc) is 2.95. The molecule has 8 heteroatoms. The highest BCUT2D eigenvalue weighted by molar-refractivity contribution is 7.71. The zero-order valence-electron chi connectivity index (χ0n) is 13.8. The summed E-state index contributed by atoms with van der Waals surface area (Å²) in [6.45, 7) is 5.68. The van der Waals surface area contributed by atoms with E-state index >= 15 is 0 Å². The molecule has 0 atom stereocenters. The van der Waals surface area contributed by atoms with Crippen molar-refractivity contribution in [3.63, 3.8) is 0 Å². The summed E-state index contributed by atoms with van der Waals surface area (Å²) in [5.74, 6) is -0.198. The quantitative estimate of drug-likeness (QED) is 0.744. The van der Waals surface area contributed by atoms with Gasteiger partial charge in [0.1, 0.15) is 12.1 Å². The van der Waals surface area contributed by atoms with Crippen LogP contribution < -0.4 is 4.90 Å². The van der Waals surface area contributed by atoms with Crippen LogP contribution in [0.4, 0.5) is 10.1 Å². The summed E-state index contributed by atoms with van der Waals surface area (Å²) in [4.78, 5) is 4.59. The molecule has 130 valence electrons. The van der Waals surface area contributed by atoms with E-state index < -0.39 is 0 Å². The highest BCUT2D eigenvalue weighted by Crippen LogP contribution is 2.17. The molecule has 2 heterocycles. The molecular formula is C16H22FN5OS. The largest absolute Gasteiger partial charge is 0.383 e. The summed E-state index contributed by atoms with van der Waals surface area (Å²) >= 11 is 5.45. The fourth-order valence-electron chi connectivity index (χ4n) is 2.80. The van der Waals surface area contributed by atoms with E-state index in [-0.39, 0.29) is 5.82 Å². The van der Waals surface area contributed by atoms with E-state index in [2.05, 4.69) is 14.9 Å². The zero-order valence-corrected chi connectivity index (χ0v) is 14.6. The summed E-state index contributed by atoms with van der Waals surface area (Å²) in [5.41, 5.74) is 1.07. The Labute approximate surface area is 146 Å². The lowest BCUT2D eigenvalue weighted by Gasteiger charge is -2.35. The number of ether oxygens (including phenoxy) is 1. The molecule has 0 spiro atoms. The van der Waals surface area contributed by atoms with Gasteiger partial charge in [-0.2, -0.15) is 5.10 Å². The Hall–Kier alpha value is -1.77. The first-order chi connectivity index (χ1) is 11.7. The lowest BCUT2D eigenvalue weighted by Crippen LogP contribution is -2.47. The van der Waals surface area contributed by atoms with Crippen LogP contribution in [0.1, 0.15) is 0 Å². The molecule has 1 aliphatic rings. The van der Waals surface area contributed by atoms with Gasteiger partial charge in [0, 0.05) is 45.5 Å². The number of rotatable bonds is 6. The van der Waals surface area contributed by atoms with Gasteiger partial charge in [0.25, 0.3) is 0 Å². The summed E-state index contributed by atoms with van der Waals surface area (Å²) in [6.07, 6.45) is 1.76. The molecule has 0 aliphatic carbocycles. The average molecular weight is 351 g/mol. The van der Waals surface area contributed by atoms with Gasteiger partial charge in [-0.3, -0.25) is 4.90 Å². The minimum absolute atomic E-state index is 0.198. The second-order valence-electron chi connectivity index (χ2n) is 5.82. The van der Waals surface area contributed by atoms with E-state index in [0.717, 1.165) is 31.9 Å². The zero-order chi connectivity index (χ0) is 16.9. The van der Waals surface area contributed by atoms with Crippen molar-refractivity contribution in [1.82, 2.24) is 19.2 Å². The maximum Gasteiger partial charge on any atom is 0.198 e. The van der Waals surface area contributed by atoms with E-state index in [0.29, 0.717) is 24.6 Å². The third-order valence-corrected chi connectivity index (χ3v) is 4.68. The van der Waals surface area contributed by atoms with Gasteiger partial charge in [-0.05, 0) is 36.5 Å². The fourth-order valence-corrected chi connectivity index (χ4v) is 3.04. The van der Waals surface area contributed by atoms with Crippen molar-refractivity contribution >= 4 is 17.9 Å². The first-order valence-electron chi connectivity index (χ1n) is 8.01. The fraction of sp³-hybridized carbons (Fsp3) is 0.500. The summed E-state index contributed by atoms with van der Waals surface area (Å²) < 4.78 is 22.6. The normalized spacial score (nSPS) is 15.8. The van der Waals surface area contributed by atoms with Crippen molar-refractivity contribution in [3.8, 4) is 0 Å². The molecule has 1 fully saturated rings. The lowest BCUT2D eigenvalue weighted by atomic mass is 10.2. The number of piperazine rings is 1. The Morgan fingerprint density at radius 1 is 1.17 bits per heavy atom. The highest BCUT2D eigenvalue weighted by atomic mass is 32.1. The number of anilines is 1. The van der Waals surface area contributed by atoms with Crippen molar-refractivity contribution in [2.24, 2.45) is 0 Å². The van der Waals surface area contributed by atoms with E-state index in [4.69, 9.17) is 17.0 Å². The molecule has 2 aromatic rings. The first-order valence-corrected chi connectivity index (χ1v) is 8.42. The summed E-state index contributed by atoms with van der Waals surface area (Å²) in [5, 5.41) is 4.37. The number of hydrogen-bond acceptors (Lipinski definition) is 5. The minimum atomic E-state index is -0.198. The molecule has 0 saturated carbocycles. The van der Waals surface area contributed by atoms with Gasteiger partial charge in [-0.25, -0.2) is 9.07 Å². The van der Waals surface area contributed by atoms with Gasteiger partial charge in [0.2, 0.25) is 0 Å². The van der Waals surface area contributed by atoms with Gasteiger partial charge in [-0.15, -0.1) is 0 Å². The molecule has 1 aromatic heterocycles. The molecule has 0 radical (unpaired) electrons. The predicted molar refractivity (Wildman–Crippen MR) is 93.1 cm³/mol. The Bertz CT molecular complexity index is 706. The Balaban J connectivity index is 1.55. The van der Waals surface area contributed by atoms with Gasteiger partial charge < -0.3 is 14.2 Å². The molecule has 0 unspecified atom stereocenters. The Morgan fingerprint density at radius 2 is 1.88 bits per heavy atom. The van der Waals surface area contributed by atoms with Crippen molar-refractivity contribution in [2.45, 2.75) is 13.2 Å². The highest BCUT2D eigenvalue weighted by Gasteiger charge is 2.18. The summed E-state index contributed by atoms with van der Waals surface area (Å²) in [6, 6.07) is 6.68. The van der Waals surface area contributed by atoms with Crippen LogP contribution in [0.2, 0.25) is 0 Å². The third kappa shape index (κ3) is 4.00. The molecule has 0 N–H and O–H groups in total. The number of halogens is 1. The van der Waals surface area contributed by atoms with Crippen molar-refractivity contribution in [2.75, 3.05) is 44.8 Å². The number of methoxy groups -OCH3 is 1. The van der Waals surface area contributed by atoms with Crippen LogP contribution in [-0.4, -0.2) is 59.1 Å². The number of hydrogen-bond donors (Lipinski definition) is 0. The predicted octanol–water partition coefficient (Wildman–Crippen LogP) is 1.98. The molecule has 1 aliphatic heterocycles. The Morgan fingerprint density at radius 3 is 2.54 bits per heavy atom. The lowest BCUT2D eigenvalue weighted by molar-refractivity contribution is 0.183. The van der Waals surface area contributed by atoms with Crippen LogP contribution in [0.15, 0.2) is 30.6 Å². The van der Waals surface area contributed by atoms with Crippen molar-refractivity contribution in [1.29, 1.82) is 0 Å². The van der Waals surface area contributed by atoms with E-state index in [1.165, 1.54) is 12.1 Å². The van der Waals surface area contributed by atoms with Crippen LogP contribution in [0, 0.1) is 10.6 Å². The standard InChI is InChI=1S/C16H22FN5OS/c1-23-11-10-21-12-18-22(16(21)24)13-19-6-8-20(9-7-19)15-4-2-14(17)3-5-15/h2-5,12H,6-11,13H2,1H3. The van der Waals surface area contributed by atoms with Gasteiger partial charge in [0.15, 0.2) is 4.77 Å². The molecule has 0 bridgehead atoms.